The van der Waals surface area contributed by atoms with Crippen molar-refractivity contribution in [1.29, 1.82) is 0 Å². The van der Waals surface area contributed by atoms with Crippen molar-refractivity contribution in [2.75, 3.05) is 7.11 Å². The number of benzene rings is 2. The van der Waals surface area contributed by atoms with E-state index < -0.39 is 0 Å². The number of ether oxygens (including phenoxy) is 2. The molecule has 3 aromatic rings. The molecule has 4 nitrogen and oxygen atoms in total. The van der Waals surface area contributed by atoms with E-state index >= 15 is 0 Å². The predicted octanol–water partition coefficient (Wildman–Crippen LogP) is 5.41. The van der Waals surface area contributed by atoms with Crippen molar-refractivity contribution < 1.29 is 14.3 Å². The summed E-state index contributed by atoms with van der Waals surface area (Å²) in [5.74, 6) is 2.11. The standard InChI is InChI=1S/C23H23NO3/c1-16(25)22-14-13-21(15-24-22)27-20-11-7-18(8-12-20)23(2,3)17-5-9-19(26-4)10-6-17/h5-15H,1-4H3. The van der Waals surface area contributed by atoms with Crippen molar-refractivity contribution >= 4 is 5.78 Å². The molecule has 138 valence electrons. The first-order valence-electron chi connectivity index (χ1n) is 8.80. The molecule has 27 heavy (non-hydrogen) atoms. The van der Waals surface area contributed by atoms with Gasteiger partial charge in [0.2, 0.25) is 0 Å². The van der Waals surface area contributed by atoms with Gasteiger partial charge in [-0.2, -0.15) is 0 Å². The molecule has 3 rings (SSSR count). The SMILES string of the molecule is COc1ccc(C(C)(C)c2ccc(Oc3ccc(C(C)=O)nc3)cc2)cc1. The first kappa shape index (κ1) is 18.6. The van der Waals surface area contributed by atoms with Crippen LogP contribution in [0.3, 0.4) is 0 Å². The third kappa shape index (κ3) is 4.17. The van der Waals surface area contributed by atoms with Gasteiger partial charge in [0.25, 0.3) is 0 Å². The molecule has 1 heterocycles. The van der Waals surface area contributed by atoms with Crippen molar-refractivity contribution in [3.8, 4) is 17.2 Å². The average molecular weight is 361 g/mol. The number of hydrogen-bond acceptors (Lipinski definition) is 4. The summed E-state index contributed by atoms with van der Waals surface area (Å²) in [6.07, 6.45) is 1.56. The maximum atomic E-state index is 11.3. The van der Waals surface area contributed by atoms with Gasteiger partial charge in [-0.1, -0.05) is 38.1 Å². The topological polar surface area (TPSA) is 48.4 Å². The van der Waals surface area contributed by atoms with Crippen molar-refractivity contribution in [2.24, 2.45) is 0 Å². The summed E-state index contributed by atoms with van der Waals surface area (Å²) in [4.78, 5) is 15.4. The molecule has 0 aliphatic heterocycles. The van der Waals surface area contributed by atoms with Crippen LogP contribution in [-0.2, 0) is 5.41 Å². The monoisotopic (exact) mass is 361 g/mol. The Morgan fingerprint density at radius 1 is 0.815 bits per heavy atom. The molecule has 0 N–H and O–H groups in total. The van der Waals surface area contributed by atoms with Crippen LogP contribution in [0.1, 0.15) is 42.4 Å². The van der Waals surface area contributed by atoms with Crippen LogP contribution in [0.4, 0.5) is 0 Å². The third-order valence-corrected chi connectivity index (χ3v) is 4.72. The molecule has 0 unspecified atom stereocenters. The molecule has 1 aromatic heterocycles. The Balaban J connectivity index is 1.76. The molecule has 0 saturated carbocycles. The summed E-state index contributed by atoms with van der Waals surface area (Å²) in [6, 6.07) is 19.6. The molecule has 2 aromatic carbocycles. The molecular formula is C23H23NO3. The second kappa shape index (κ2) is 7.62. The minimum Gasteiger partial charge on any atom is -0.497 e. The van der Waals surface area contributed by atoms with Gasteiger partial charge in [0.1, 0.15) is 22.9 Å². The summed E-state index contributed by atoms with van der Waals surface area (Å²) in [7, 11) is 1.67. The number of carbonyl (C=O) groups is 1. The Hall–Kier alpha value is -3.14. The molecule has 0 atom stereocenters. The third-order valence-electron chi connectivity index (χ3n) is 4.72. The zero-order chi connectivity index (χ0) is 19.4. The average Bonchev–Trinajstić information content (AvgIpc) is 2.69. The fourth-order valence-electron chi connectivity index (χ4n) is 2.90. The highest BCUT2D eigenvalue weighted by Gasteiger charge is 2.23. The summed E-state index contributed by atoms with van der Waals surface area (Å²) in [6.45, 7) is 5.87. The first-order chi connectivity index (χ1) is 12.9. The lowest BCUT2D eigenvalue weighted by Crippen LogP contribution is -2.18. The van der Waals surface area contributed by atoms with Crippen LogP contribution in [0.25, 0.3) is 0 Å². The number of hydrogen-bond donors (Lipinski definition) is 0. The van der Waals surface area contributed by atoms with Crippen LogP contribution in [0.2, 0.25) is 0 Å². The molecule has 0 fully saturated rings. The number of aromatic nitrogens is 1. The zero-order valence-corrected chi connectivity index (χ0v) is 16.0. The van der Waals surface area contributed by atoms with Crippen molar-refractivity contribution in [2.45, 2.75) is 26.2 Å². The summed E-state index contributed by atoms with van der Waals surface area (Å²) in [5, 5.41) is 0. The molecular weight excluding hydrogens is 338 g/mol. The Morgan fingerprint density at radius 3 is 1.78 bits per heavy atom. The molecule has 0 bridgehead atoms. The maximum absolute atomic E-state index is 11.3. The van der Waals surface area contributed by atoms with E-state index in [9.17, 15) is 4.79 Å². The maximum Gasteiger partial charge on any atom is 0.178 e. The van der Waals surface area contributed by atoms with Crippen LogP contribution in [0, 0.1) is 0 Å². The van der Waals surface area contributed by atoms with Crippen molar-refractivity contribution in [1.82, 2.24) is 4.98 Å². The number of ketones is 1. The lowest BCUT2D eigenvalue weighted by atomic mass is 9.78. The minimum absolute atomic E-state index is 0.0633. The Morgan fingerprint density at radius 2 is 1.33 bits per heavy atom. The predicted molar refractivity (Wildman–Crippen MR) is 106 cm³/mol. The fourth-order valence-corrected chi connectivity index (χ4v) is 2.90. The number of nitrogens with zero attached hydrogens (tertiary/aromatic N) is 1. The van der Waals surface area contributed by atoms with E-state index in [4.69, 9.17) is 9.47 Å². The number of Topliss-reactive ketones (excluding diaryl/α,β-unsaturated/α-hetero) is 1. The number of pyridine rings is 1. The molecule has 0 spiro atoms. The van der Waals surface area contributed by atoms with Crippen LogP contribution in [0.15, 0.2) is 66.9 Å². The van der Waals surface area contributed by atoms with Gasteiger partial charge >= 0.3 is 0 Å². The Kier molecular flexibility index (Phi) is 5.26. The van der Waals surface area contributed by atoms with Crippen LogP contribution >= 0.6 is 0 Å². The Labute approximate surface area is 159 Å². The molecule has 0 radical (unpaired) electrons. The van der Waals surface area contributed by atoms with Crippen LogP contribution in [0.5, 0.6) is 17.2 Å². The van der Waals surface area contributed by atoms with E-state index in [2.05, 4.69) is 43.1 Å². The number of carbonyl (C=O) groups excluding carboxylic acids is 1. The minimum atomic E-state index is -0.143. The first-order valence-corrected chi connectivity index (χ1v) is 8.80. The van der Waals surface area contributed by atoms with E-state index in [0.717, 1.165) is 11.5 Å². The zero-order valence-electron chi connectivity index (χ0n) is 16.0. The summed E-state index contributed by atoms with van der Waals surface area (Å²) >= 11 is 0. The van der Waals surface area contributed by atoms with E-state index in [1.54, 1.807) is 25.4 Å². The van der Waals surface area contributed by atoms with Gasteiger partial charge in [-0.3, -0.25) is 4.79 Å². The van der Waals surface area contributed by atoms with E-state index in [1.807, 2.05) is 24.3 Å². The Bertz CT molecular complexity index is 911. The summed E-state index contributed by atoms with van der Waals surface area (Å²) in [5.41, 5.74) is 2.68. The van der Waals surface area contributed by atoms with E-state index in [0.29, 0.717) is 11.4 Å². The quantitative estimate of drug-likeness (QED) is 0.551. The second-order valence-corrected chi connectivity index (χ2v) is 6.92. The van der Waals surface area contributed by atoms with Gasteiger partial charge < -0.3 is 9.47 Å². The van der Waals surface area contributed by atoms with Crippen molar-refractivity contribution in [3.05, 3.63) is 83.7 Å². The number of rotatable bonds is 6. The highest BCUT2D eigenvalue weighted by Crippen LogP contribution is 2.33. The lowest BCUT2D eigenvalue weighted by Gasteiger charge is -2.26. The summed E-state index contributed by atoms with van der Waals surface area (Å²) < 4.78 is 11.1. The van der Waals surface area contributed by atoms with Gasteiger partial charge in [-0.15, -0.1) is 0 Å². The fraction of sp³-hybridized carbons (Fsp3) is 0.217. The van der Waals surface area contributed by atoms with Gasteiger partial charge in [0.05, 0.1) is 13.3 Å². The normalized spacial score (nSPS) is 11.1. The highest BCUT2D eigenvalue weighted by molar-refractivity contribution is 5.92. The van der Waals surface area contributed by atoms with Gasteiger partial charge in [-0.25, -0.2) is 4.98 Å². The highest BCUT2D eigenvalue weighted by atomic mass is 16.5. The van der Waals surface area contributed by atoms with Crippen molar-refractivity contribution in [3.63, 3.8) is 0 Å². The van der Waals surface area contributed by atoms with E-state index in [1.165, 1.54) is 18.1 Å². The second-order valence-electron chi connectivity index (χ2n) is 6.92. The lowest BCUT2D eigenvalue weighted by molar-refractivity contribution is 0.101. The largest absolute Gasteiger partial charge is 0.497 e. The van der Waals surface area contributed by atoms with Gasteiger partial charge in [0.15, 0.2) is 5.78 Å². The number of methoxy groups -OCH3 is 1. The molecule has 0 amide bonds. The molecule has 0 aliphatic rings. The molecule has 0 aliphatic carbocycles. The smallest absolute Gasteiger partial charge is 0.178 e. The molecule has 0 saturated heterocycles. The molecule has 4 heteroatoms. The van der Waals surface area contributed by atoms with Crippen LogP contribution in [-0.4, -0.2) is 17.9 Å². The van der Waals surface area contributed by atoms with Gasteiger partial charge in [-0.05, 0) is 47.5 Å². The van der Waals surface area contributed by atoms with Crippen LogP contribution < -0.4 is 9.47 Å². The van der Waals surface area contributed by atoms with E-state index in [-0.39, 0.29) is 11.2 Å². The van der Waals surface area contributed by atoms with Gasteiger partial charge in [0, 0.05) is 12.3 Å².